The van der Waals surface area contributed by atoms with Crippen LogP contribution in [-0.4, -0.2) is 30.2 Å². The number of carbonyl (C=O) groups excluding carboxylic acids is 1. The van der Waals surface area contributed by atoms with Crippen LogP contribution >= 0.6 is 22.6 Å². The van der Waals surface area contributed by atoms with Gasteiger partial charge in [0.1, 0.15) is 12.3 Å². The van der Waals surface area contributed by atoms with E-state index < -0.39 is 11.9 Å². The Morgan fingerprint density at radius 1 is 1.21 bits per heavy atom. The summed E-state index contributed by atoms with van der Waals surface area (Å²) in [7, 11) is 0. The van der Waals surface area contributed by atoms with Crippen molar-refractivity contribution < 1.29 is 24.2 Å². The molecular formula is C22H22INO5. The zero-order valence-corrected chi connectivity index (χ0v) is 18.4. The number of carboxylic acids is 1. The maximum absolute atomic E-state index is 12.3. The van der Waals surface area contributed by atoms with Gasteiger partial charge in [-0.15, -0.1) is 0 Å². The highest BCUT2D eigenvalue weighted by molar-refractivity contribution is 14.1. The average molecular weight is 507 g/mol. The van der Waals surface area contributed by atoms with Crippen molar-refractivity contribution >= 4 is 40.5 Å². The van der Waals surface area contributed by atoms with Crippen molar-refractivity contribution in [2.75, 3.05) is 13.2 Å². The molecule has 2 N–H and O–H groups in total. The average Bonchev–Trinajstić information content (AvgIpc) is 2.67. The van der Waals surface area contributed by atoms with Gasteiger partial charge >= 0.3 is 5.97 Å². The van der Waals surface area contributed by atoms with Gasteiger partial charge in [-0.25, -0.2) is 4.79 Å². The summed E-state index contributed by atoms with van der Waals surface area (Å²) in [5.41, 5.74) is 1.55. The second kappa shape index (κ2) is 10.7. The Kier molecular flexibility index (Phi) is 8.26. The molecule has 2 aromatic carbocycles. The van der Waals surface area contributed by atoms with Crippen LogP contribution in [0.5, 0.6) is 11.5 Å². The molecule has 2 aromatic rings. The van der Waals surface area contributed by atoms with E-state index in [1.807, 2.05) is 13.8 Å². The summed E-state index contributed by atoms with van der Waals surface area (Å²) in [6.45, 7) is 8.29. The predicted octanol–water partition coefficient (Wildman–Crippen LogP) is 4.50. The molecule has 1 amide bonds. The molecule has 6 nitrogen and oxygen atoms in total. The zero-order valence-electron chi connectivity index (χ0n) is 16.2. The van der Waals surface area contributed by atoms with Crippen LogP contribution in [0.25, 0.3) is 6.08 Å². The van der Waals surface area contributed by atoms with Gasteiger partial charge in [0.2, 0.25) is 0 Å². The van der Waals surface area contributed by atoms with E-state index in [0.717, 1.165) is 9.14 Å². The van der Waals surface area contributed by atoms with Crippen LogP contribution < -0.4 is 14.8 Å². The highest BCUT2D eigenvalue weighted by Gasteiger charge is 2.16. The fraction of sp³-hybridized carbons (Fsp3) is 0.182. The van der Waals surface area contributed by atoms with Gasteiger partial charge < -0.3 is 19.9 Å². The number of ether oxygens (including phenoxy) is 2. The van der Waals surface area contributed by atoms with Crippen LogP contribution in [0.15, 0.2) is 60.3 Å². The molecule has 0 heterocycles. The van der Waals surface area contributed by atoms with Crippen molar-refractivity contribution in [3.05, 3.63) is 75.0 Å². The first-order chi connectivity index (χ1) is 13.8. The van der Waals surface area contributed by atoms with E-state index in [4.69, 9.17) is 9.47 Å². The summed E-state index contributed by atoms with van der Waals surface area (Å²) >= 11 is 2.10. The highest BCUT2D eigenvalue weighted by atomic mass is 127. The molecule has 0 aliphatic carbocycles. The zero-order chi connectivity index (χ0) is 21.4. The molecule has 0 radical (unpaired) electrons. The van der Waals surface area contributed by atoms with E-state index in [1.54, 1.807) is 42.5 Å². The molecule has 0 saturated carbocycles. The number of hydrogen-bond acceptors (Lipinski definition) is 4. The first kappa shape index (κ1) is 22.5. The maximum Gasteiger partial charge on any atom is 0.352 e. The van der Waals surface area contributed by atoms with E-state index >= 15 is 0 Å². The van der Waals surface area contributed by atoms with Crippen molar-refractivity contribution in [1.29, 1.82) is 0 Å². The van der Waals surface area contributed by atoms with Crippen molar-refractivity contribution in [1.82, 2.24) is 5.32 Å². The predicted molar refractivity (Wildman–Crippen MR) is 120 cm³/mol. The third-order valence-corrected chi connectivity index (χ3v) is 4.42. The summed E-state index contributed by atoms with van der Waals surface area (Å²) in [4.78, 5) is 24.0. The van der Waals surface area contributed by atoms with Gasteiger partial charge in [-0.05, 0) is 77.9 Å². The molecule has 0 atom stereocenters. The Balaban J connectivity index is 2.36. The summed E-state index contributed by atoms with van der Waals surface area (Å²) in [5, 5.41) is 12.0. The van der Waals surface area contributed by atoms with Gasteiger partial charge in [0.15, 0.2) is 11.5 Å². The normalized spacial score (nSPS) is 10.9. The van der Waals surface area contributed by atoms with E-state index in [1.165, 1.54) is 6.08 Å². The lowest BCUT2D eigenvalue weighted by molar-refractivity contribution is -0.132. The molecule has 0 fully saturated rings. The van der Waals surface area contributed by atoms with E-state index in [0.29, 0.717) is 35.8 Å². The second-order valence-corrected chi connectivity index (χ2v) is 7.35. The summed E-state index contributed by atoms with van der Waals surface area (Å²) in [5.74, 6) is -0.686. The molecule has 0 spiro atoms. The van der Waals surface area contributed by atoms with Crippen molar-refractivity contribution in [3.63, 3.8) is 0 Å². The van der Waals surface area contributed by atoms with Gasteiger partial charge in [-0.1, -0.05) is 24.8 Å². The molecule has 0 aromatic heterocycles. The topological polar surface area (TPSA) is 84.9 Å². The monoisotopic (exact) mass is 507 g/mol. The van der Waals surface area contributed by atoms with Crippen molar-refractivity contribution in [2.24, 2.45) is 0 Å². The second-order valence-electron chi connectivity index (χ2n) is 6.19. The number of benzene rings is 2. The first-order valence-corrected chi connectivity index (χ1v) is 9.94. The SMILES string of the molecule is C=C(C)COc1c(I)cc(/C=C(/NC(=O)c2ccccc2)C(=O)O)cc1OCC. The molecular weight excluding hydrogens is 485 g/mol. The standard InChI is InChI=1S/C22H22INO5/c1-4-28-19-12-15(10-17(23)20(19)29-13-14(2)3)11-18(22(26)27)24-21(25)16-8-6-5-7-9-16/h5-12H,2,4,13H2,1,3H3,(H,24,25)(H,26,27)/b18-11+. The number of carboxylic acid groups (broad SMARTS) is 1. The quantitative estimate of drug-likeness (QED) is 0.297. The third kappa shape index (κ3) is 6.63. The Labute approximate surface area is 183 Å². The molecule has 0 unspecified atom stereocenters. The van der Waals surface area contributed by atoms with Gasteiger partial charge in [-0.2, -0.15) is 0 Å². The number of rotatable bonds is 9. The Morgan fingerprint density at radius 3 is 2.48 bits per heavy atom. The van der Waals surface area contributed by atoms with Crippen LogP contribution in [0.1, 0.15) is 29.8 Å². The van der Waals surface area contributed by atoms with Gasteiger partial charge in [0.25, 0.3) is 5.91 Å². The van der Waals surface area contributed by atoms with E-state index in [2.05, 4.69) is 34.5 Å². The number of nitrogens with one attached hydrogen (secondary N) is 1. The van der Waals surface area contributed by atoms with E-state index in [-0.39, 0.29) is 5.70 Å². The van der Waals surface area contributed by atoms with E-state index in [9.17, 15) is 14.7 Å². The number of hydrogen-bond donors (Lipinski definition) is 2. The van der Waals surface area contributed by atoms with Crippen LogP contribution in [0.3, 0.4) is 0 Å². The molecule has 29 heavy (non-hydrogen) atoms. The Morgan fingerprint density at radius 2 is 1.90 bits per heavy atom. The van der Waals surface area contributed by atoms with Crippen LogP contribution in [0.4, 0.5) is 0 Å². The smallest absolute Gasteiger partial charge is 0.352 e. The van der Waals surface area contributed by atoms with Gasteiger partial charge in [0.05, 0.1) is 10.2 Å². The van der Waals surface area contributed by atoms with Crippen LogP contribution in [0.2, 0.25) is 0 Å². The highest BCUT2D eigenvalue weighted by Crippen LogP contribution is 2.35. The lowest BCUT2D eigenvalue weighted by atomic mass is 10.1. The summed E-state index contributed by atoms with van der Waals surface area (Å²) < 4.78 is 12.2. The maximum atomic E-state index is 12.3. The molecule has 152 valence electrons. The largest absolute Gasteiger partial charge is 0.490 e. The number of carbonyl (C=O) groups is 2. The minimum atomic E-state index is -1.25. The van der Waals surface area contributed by atoms with Gasteiger partial charge in [0, 0.05) is 5.56 Å². The third-order valence-electron chi connectivity index (χ3n) is 3.62. The summed E-state index contributed by atoms with van der Waals surface area (Å²) in [6.07, 6.45) is 1.39. The van der Waals surface area contributed by atoms with Crippen molar-refractivity contribution in [3.8, 4) is 11.5 Å². The molecule has 0 bridgehead atoms. The van der Waals surface area contributed by atoms with Gasteiger partial charge in [-0.3, -0.25) is 4.79 Å². The number of aliphatic carboxylic acids is 1. The molecule has 0 aliphatic rings. The minimum absolute atomic E-state index is 0.243. The Hall–Kier alpha value is -2.81. The molecule has 0 aliphatic heterocycles. The Bertz CT molecular complexity index is 938. The molecule has 2 rings (SSSR count). The first-order valence-electron chi connectivity index (χ1n) is 8.86. The number of halogens is 1. The summed E-state index contributed by atoms with van der Waals surface area (Å²) in [6, 6.07) is 11.8. The van der Waals surface area contributed by atoms with Crippen LogP contribution in [-0.2, 0) is 4.79 Å². The number of amides is 1. The van der Waals surface area contributed by atoms with Crippen LogP contribution in [0, 0.1) is 3.57 Å². The lowest BCUT2D eigenvalue weighted by Gasteiger charge is -2.15. The minimum Gasteiger partial charge on any atom is -0.490 e. The molecule has 0 saturated heterocycles. The molecule has 7 heteroatoms. The lowest BCUT2D eigenvalue weighted by Crippen LogP contribution is -2.27. The van der Waals surface area contributed by atoms with Crippen molar-refractivity contribution in [2.45, 2.75) is 13.8 Å². The fourth-order valence-electron chi connectivity index (χ4n) is 2.37. The fourth-order valence-corrected chi connectivity index (χ4v) is 3.15.